The summed E-state index contributed by atoms with van der Waals surface area (Å²) in [6.07, 6.45) is 2.75. The average Bonchev–Trinajstić information content (AvgIpc) is 2.88. The number of hydrogen-bond acceptors (Lipinski definition) is 4. The number of nitrogens with zero attached hydrogens (tertiary/aromatic N) is 1. The summed E-state index contributed by atoms with van der Waals surface area (Å²) in [5.74, 6) is 0. The molecule has 2 aromatic rings. The summed E-state index contributed by atoms with van der Waals surface area (Å²) in [5.41, 5.74) is 1.34. The van der Waals surface area contributed by atoms with E-state index in [4.69, 9.17) is 5.11 Å². The molecule has 2 N–H and O–H groups in total. The average molecular weight is 290 g/mol. The van der Waals surface area contributed by atoms with Gasteiger partial charge in [0, 0.05) is 25.9 Å². The van der Waals surface area contributed by atoms with E-state index in [0.717, 1.165) is 24.5 Å². The maximum Gasteiger partial charge on any atom is 0.107 e. The lowest BCUT2D eigenvalue weighted by atomic mass is 9.90. The van der Waals surface area contributed by atoms with Gasteiger partial charge in [0.15, 0.2) is 0 Å². The quantitative estimate of drug-likeness (QED) is 0.822. The number of nitrogens with one attached hydrogen (secondary N) is 1. The molecular weight excluding hydrogens is 268 g/mol. The highest BCUT2D eigenvalue weighted by Crippen LogP contribution is 2.26. The Morgan fingerprint density at radius 1 is 1.25 bits per heavy atom. The number of aliphatic hydroxyl groups excluding tert-OH is 1. The molecule has 20 heavy (non-hydrogen) atoms. The van der Waals surface area contributed by atoms with Crippen LogP contribution in [0, 0.1) is 5.41 Å². The van der Waals surface area contributed by atoms with Gasteiger partial charge in [-0.2, -0.15) is 0 Å². The molecule has 1 heterocycles. The van der Waals surface area contributed by atoms with Crippen molar-refractivity contribution in [3.05, 3.63) is 41.5 Å². The van der Waals surface area contributed by atoms with Gasteiger partial charge >= 0.3 is 0 Å². The zero-order valence-electron chi connectivity index (χ0n) is 12.1. The van der Waals surface area contributed by atoms with E-state index in [-0.39, 0.29) is 12.0 Å². The molecule has 0 saturated heterocycles. The summed E-state index contributed by atoms with van der Waals surface area (Å²) in [7, 11) is 0. The molecule has 0 spiro atoms. The zero-order chi connectivity index (χ0) is 14.4. The Morgan fingerprint density at radius 2 is 2.00 bits per heavy atom. The number of benzene rings is 1. The molecular formula is C16H22N2OS. The van der Waals surface area contributed by atoms with Crippen LogP contribution in [0.5, 0.6) is 0 Å². The molecule has 0 unspecified atom stereocenters. The van der Waals surface area contributed by atoms with Gasteiger partial charge in [0.05, 0.1) is 4.88 Å². The molecule has 0 saturated carbocycles. The molecule has 0 aliphatic carbocycles. The topological polar surface area (TPSA) is 45.1 Å². The van der Waals surface area contributed by atoms with E-state index < -0.39 is 0 Å². The molecule has 0 fully saturated rings. The van der Waals surface area contributed by atoms with Crippen molar-refractivity contribution in [2.75, 3.05) is 13.2 Å². The Morgan fingerprint density at radius 3 is 2.70 bits per heavy atom. The van der Waals surface area contributed by atoms with Gasteiger partial charge in [-0.3, -0.25) is 0 Å². The van der Waals surface area contributed by atoms with Crippen LogP contribution < -0.4 is 5.32 Å². The van der Waals surface area contributed by atoms with Crippen molar-refractivity contribution in [1.29, 1.82) is 0 Å². The molecule has 1 aromatic heterocycles. The van der Waals surface area contributed by atoms with E-state index in [1.165, 1.54) is 10.4 Å². The van der Waals surface area contributed by atoms with Gasteiger partial charge in [0.2, 0.25) is 0 Å². The Balaban J connectivity index is 1.88. The van der Waals surface area contributed by atoms with E-state index in [9.17, 15) is 0 Å². The summed E-state index contributed by atoms with van der Waals surface area (Å²) in [5, 5.41) is 13.5. The maximum atomic E-state index is 9.01. The molecule has 3 nitrogen and oxygen atoms in total. The molecule has 4 heteroatoms. The van der Waals surface area contributed by atoms with Crippen molar-refractivity contribution in [3.8, 4) is 10.4 Å². The van der Waals surface area contributed by atoms with Crippen LogP contribution in [-0.2, 0) is 6.54 Å². The first-order chi connectivity index (χ1) is 9.61. The second-order valence-corrected chi connectivity index (χ2v) is 6.84. The number of aromatic nitrogens is 1. The van der Waals surface area contributed by atoms with Gasteiger partial charge in [0.1, 0.15) is 5.01 Å². The molecule has 0 aliphatic rings. The van der Waals surface area contributed by atoms with E-state index in [1.54, 1.807) is 11.3 Å². The highest BCUT2D eigenvalue weighted by molar-refractivity contribution is 7.15. The number of hydrogen-bond donors (Lipinski definition) is 2. The maximum absolute atomic E-state index is 9.01. The lowest BCUT2D eigenvalue weighted by Gasteiger charge is -2.23. The highest BCUT2D eigenvalue weighted by atomic mass is 32.1. The van der Waals surface area contributed by atoms with Gasteiger partial charge < -0.3 is 10.4 Å². The molecule has 0 amide bonds. The van der Waals surface area contributed by atoms with Crippen molar-refractivity contribution < 1.29 is 5.11 Å². The standard InChI is InChI=1S/C16H22N2OS/c1-16(2,8-9-19)12-17-11-15-18-10-14(20-15)13-6-4-3-5-7-13/h3-7,10,17,19H,8-9,11-12H2,1-2H3. The van der Waals surface area contributed by atoms with Crippen molar-refractivity contribution >= 4 is 11.3 Å². The molecule has 1 aromatic carbocycles. The molecule has 0 aliphatic heterocycles. The summed E-state index contributed by atoms with van der Waals surface area (Å²) in [4.78, 5) is 5.67. The van der Waals surface area contributed by atoms with Crippen LogP contribution in [0.15, 0.2) is 36.5 Å². The van der Waals surface area contributed by atoms with Gasteiger partial charge in [0.25, 0.3) is 0 Å². The molecule has 108 valence electrons. The third-order valence-electron chi connectivity index (χ3n) is 3.28. The smallest absolute Gasteiger partial charge is 0.107 e. The number of aliphatic hydroxyl groups is 1. The molecule has 0 bridgehead atoms. The fourth-order valence-corrected chi connectivity index (χ4v) is 2.92. The van der Waals surface area contributed by atoms with Crippen LogP contribution >= 0.6 is 11.3 Å². The minimum Gasteiger partial charge on any atom is -0.396 e. The Hall–Kier alpha value is -1.23. The second-order valence-electron chi connectivity index (χ2n) is 5.73. The summed E-state index contributed by atoms with van der Waals surface area (Å²) in [6.45, 7) is 6.23. The minimum absolute atomic E-state index is 0.119. The first kappa shape index (κ1) is 15.2. The number of thiazole rings is 1. The third kappa shape index (κ3) is 4.40. The zero-order valence-corrected chi connectivity index (χ0v) is 12.9. The summed E-state index contributed by atoms with van der Waals surface area (Å²) >= 11 is 1.73. The van der Waals surface area contributed by atoms with Crippen LogP contribution in [0.3, 0.4) is 0 Å². The molecule has 0 atom stereocenters. The highest BCUT2D eigenvalue weighted by Gasteiger charge is 2.16. The minimum atomic E-state index is 0.119. The number of rotatable bonds is 7. The van der Waals surface area contributed by atoms with Crippen LogP contribution in [-0.4, -0.2) is 23.2 Å². The summed E-state index contributed by atoms with van der Waals surface area (Å²) < 4.78 is 0. The predicted molar refractivity (Wildman–Crippen MR) is 84.7 cm³/mol. The van der Waals surface area contributed by atoms with E-state index >= 15 is 0 Å². The third-order valence-corrected chi connectivity index (χ3v) is 4.33. The van der Waals surface area contributed by atoms with Gasteiger partial charge in [-0.15, -0.1) is 11.3 Å². The lowest BCUT2D eigenvalue weighted by molar-refractivity contribution is 0.207. The fourth-order valence-electron chi connectivity index (χ4n) is 2.03. The van der Waals surface area contributed by atoms with E-state index in [1.807, 2.05) is 24.4 Å². The van der Waals surface area contributed by atoms with Crippen molar-refractivity contribution in [1.82, 2.24) is 10.3 Å². The van der Waals surface area contributed by atoms with Crippen LogP contribution in [0.2, 0.25) is 0 Å². The Bertz CT molecular complexity index is 522. The van der Waals surface area contributed by atoms with Crippen molar-refractivity contribution in [2.24, 2.45) is 5.41 Å². The van der Waals surface area contributed by atoms with Crippen LogP contribution in [0.1, 0.15) is 25.3 Å². The monoisotopic (exact) mass is 290 g/mol. The first-order valence-electron chi connectivity index (χ1n) is 6.92. The van der Waals surface area contributed by atoms with E-state index in [2.05, 4.69) is 36.3 Å². The van der Waals surface area contributed by atoms with E-state index in [0.29, 0.717) is 0 Å². The fraction of sp³-hybridized carbons (Fsp3) is 0.438. The van der Waals surface area contributed by atoms with Crippen LogP contribution in [0.4, 0.5) is 0 Å². The predicted octanol–water partition coefficient (Wildman–Crippen LogP) is 3.31. The second kappa shape index (κ2) is 6.97. The van der Waals surface area contributed by atoms with Crippen molar-refractivity contribution in [3.63, 3.8) is 0 Å². The Kier molecular flexibility index (Phi) is 5.29. The normalized spacial score (nSPS) is 11.8. The van der Waals surface area contributed by atoms with Gasteiger partial charge in [-0.1, -0.05) is 44.2 Å². The first-order valence-corrected chi connectivity index (χ1v) is 7.74. The SMILES string of the molecule is CC(C)(CCO)CNCc1ncc(-c2ccccc2)s1. The van der Waals surface area contributed by atoms with Crippen LogP contribution in [0.25, 0.3) is 10.4 Å². The summed E-state index contributed by atoms with van der Waals surface area (Å²) in [6, 6.07) is 10.3. The van der Waals surface area contributed by atoms with Gasteiger partial charge in [-0.25, -0.2) is 4.98 Å². The van der Waals surface area contributed by atoms with Crippen molar-refractivity contribution in [2.45, 2.75) is 26.8 Å². The van der Waals surface area contributed by atoms with Gasteiger partial charge in [-0.05, 0) is 17.4 Å². The molecule has 2 rings (SSSR count). The largest absolute Gasteiger partial charge is 0.396 e. The lowest BCUT2D eigenvalue weighted by Crippen LogP contribution is -2.29. The molecule has 0 radical (unpaired) electrons. The Labute approximate surface area is 124 Å².